The lowest BCUT2D eigenvalue weighted by atomic mass is 10.3. The number of carbonyl (C=O) groups is 1. The highest BCUT2D eigenvalue weighted by molar-refractivity contribution is 7.92. The molecule has 2 aromatic carbocycles. The number of amides is 2. The second-order valence-corrected chi connectivity index (χ2v) is 7.72. The Morgan fingerprint density at radius 2 is 1.72 bits per heavy atom. The molecule has 0 bridgehead atoms. The molecule has 3 N–H and O–H groups in total. The van der Waals surface area contributed by atoms with Gasteiger partial charge in [0.25, 0.3) is 10.0 Å². The molecule has 3 rings (SSSR count). The molecule has 0 atom stereocenters. The van der Waals surface area contributed by atoms with Gasteiger partial charge in [0, 0.05) is 17.4 Å². The Hall–Kier alpha value is -2.32. The van der Waals surface area contributed by atoms with Crippen LogP contribution in [0.4, 0.5) is 20.6 Å². The first kappa shape index (κ1) is 17.5. The number of rotatable bonds is 5. The van der Waals surface area contributed by atoms with E-state index in [0.717, 1.165) is 31.0 Å². The largest absolute Gasteiger partial charge is 0.335 e. The number of urea groups is 1. The van der Waals surface area contributed by atoms with Gasteiger partial charge in [-0.1, -0.05) is 11.6 Å². The third-order valence-corrected chi connectivity index (χ3v) is 5.18. The van der Waals surface area contributed by atoms with Gasteiger partial charge in [0.15, 0.2) is 0 Å². The van der Waals surface area contributed by atoms with Crippen LogP contribution in [0.25, 0.3) is 0 Å². The minimum Gasteiger partial charge on any atom is -0.335 e. The predicted molar refractivity (Wildman–Crippen MR) is 93.8 cm³/mol. The van der Waals surface area contributed by atoms with Crippen LogP contribution in [0.5, 0.6) is 0 Å². The maximum absolute atomic E-state index is 13.2. The Bertz CT molecular complexity index is 899. The van der Waals surface area contributed by atoms with E-state index in [1.165, 1.54) is 12.1 Å². The number of hydrogen-bond donors (Lipinski definition) is 3. The van der Waals surface area contributed by atoms with Crippen LogP contribution in [0.15, 0.2) is 47.4 Å². The summed E-state index contributed by atoms with van der Waals surface area (Å²) in [6.45, 7) is 0. The smallest absolute Gasteiger partial charge is 0.319 e. The molecule has 1 saturated carbocycles. The Morgan fingerprint density at radius 3 is 2.32 bits per heavy atom. The Kier molecular flexibility index (Phi) is 4.82. The first-order valence-corrected chi connectivity index (χ1v) is 9.35. The third-order valence-electron chi connectivity index (χ3n) is 3.51. The fourth-order valence-corrected chi connectivity index (χ4v) is 3.39. The number of nitrogens with one attached hydrogen (secondary N) is 3. The Balaban J connectivity index is 1.67. The van der Waals surface area contributed by atoms with Gasteiger partial charge in [-0.3, -0.25) is 4.72 Å². The molecule has 0 heterocycles. The number of benzene rings is 2. The van der Waals surface area contributed by atoms with Gasteiger partial charge in [0.1, 0.15) is 5.82 Å². The van der Waals surface area contributed by atoms with Gasteiger partial charge in [-0.2, -0.15) is 0 Å². The molecular weight excluding hydrogens is 369 g/mol. The van der Waals surface area contributed by atoms with Crippen LogP contribution in [0, 0.1) is 5.82 Å². The van der Waals surface area contributed by atoms with Crippen LogP contribution in [0.3, 0.4) is 0 Å². The van der Waals surface area contributed by atoms with Crippen molar-refractivity contribution >= 4 is 39.0 Å². The Labute approximate surface area is 149 Å². The zero-order chi connectivity index (χ0) is 18.0. The molecular formula is C16H15ClFN3O3S. The highest BCUT2D eigenvalue weighted by Gasteiger charge is 2.23. The lowest BCUT2D eigenvalue weighted by Crippen LogP contribution is -2.30. The van der Waals surface area contributed by atoms with Crippen LogP contribution in [-0.2, 0) is 10.0 Å². The van der Waals surface area contributed by atoms with E-state index in [1.54, 1.807) is 12.1 Å². The van der Waals surface area contributed by atoms with E-state index in [9.17, 15) is 17.6 Å². The summed E-state index contributed by atoms with van der Waals surface area (Å²) < 4.78 is 40.1. The van der Waals surface area contributed by atoms with Gasteiger partial charge >= 0.3 is 6.03 Å². The lowest BCUT2D eigenvalue weighted by Gasteiger charge is -2.10. The number of sulfonamides is 1. The zero-order valence-electron chi connectivity index (χ0n) is 12.9. The molecule has 25 heavy (non-hydrogen) atoms. The molecule has 0 aromatic heterocycles. The standard InChI is InChI=1S/C16H15ClFN3O3S/c17-14-9-13(7-8-15(14)18)25(23,24)21-12-5-3-11(4-6-12)20-16(22)19-10-1-2-10/h3-10,21H,1-2H2,(H2,19,20,22). The topological polar surface area (TPSA) is 87.3 Å². The maximum atomic E-state index is 13.2. The number of hydrogen-bond acceptors (Lipinski definition) is 3. The van der Waals surface area contributed by atoms with E-state index in [0.29, 0.717) is 11.4 Å². The highest BCUT2D eigenvalue weighted by atomic mass is 35.5. The molecule has 0 radical (unpaired) electrons. The molecule has 0 spiro atoms. The summed E-state index contributed by atoms with van der Waals surface area (Å²) >= 11 is 5.62. The molecule has 1 fully saturated rings. The average Bonchev–Trinajstić information content (AvgIpc) is 3.35. The first-order chi connectivity index (χ1) is 11.8. The van der Waals surface area contributed by atoms with E-state index in [2.05, 4.69) is 15.4 Å². The van der Waals surface area contributed by atoms with E-state index in [4.69, 9.17) is 11.6 Å². The molecule has 1 aliphatic rings. The predicted octanol–water partition coefficient (Wildman–Crippen LogP) is 3.56. The monoisotopic (exact) mass is 383 g/mol. The normalized spacial score (nSPS) is 14.0. The summed E-state index contributed by atoms with van der Waals surface area (Å²) in [5.74, 6) is -0.694. The second-order valence-electron chi connectivity index (χ2n) is 5.63. The second kappa shape index (κ2) is 6.89. The van der Waals surface area contributed by atoms with Gasteiger partial charge in [-0.05, 0) is 55.3 Å². The third kappa shape index (κ3) is 4.61. The van der Waals surface area contributed by atoms with Gasteiger partial charge in [-0.25, -0.2) is 17.6 Å². The van der Waals surface area contributed by atoms with Gasteiger partial charge < -0.3 is 10.6 Å². The van der Waals surface area contributed by atoms with Crippen molar-refractivity contribution in [1.82, 2.24) is 5.32 Å². The molecule has 9 heteroatoms. The molecule has 2 amide bonds. The van der Waals surface area contributed by atoms with Crippen LogP contribution in [-0.4, -0.2) is 20.5 Å². The van der Waals surface area contributed by atoms with Crippen molar-refractivity contribution in [2.75, 3.05) is 10.0 Å². The van der Waals surface area contributed by atoms with E-state index in [1.807, 2.05) is 0 Å². The van der Waals surface area contributed by atoms with Crippen LogP contribution in [0.1, 0.15) is 12.8 Å². The van der Waals surface area contributed by atoms with E-state index < -0.39 is 15.8 Å². The van der Waals surface area contributed by atoms with Crippen molar-refractivity contribution in [3.8, 4) is 0 Å². The number of carbonyl (C=O) groups excluding carboxylic acids is 1. The molecule has 6 nitrogen and oxygen atoms in total. The van der Waals surface area contributed by atoms with Crippen molar-refractivity contribution < 1.29 is 17.6 Å². The average molecular weight is 384 g/mol. The highest BCUT2D eigenvalue weighted by Crippen LogP contribution is 2.23. The quantitative estimate of drug-likeness (QED) is 0.737. The summed E-state index contributed by atoms with van der Waals surface area (Å²) in [5.41, 5.74) is 0.833. The minimum atomic E-state index is -3.90. The SMILES string of the molecule is O=C(Nc1ccc(NS(=O)(=O)c2ccc(F)c(Cl)c2)cc1)NC1CC1. The summed E-state index contributed by atoms with van der Waals surface area (Å²) in [4.78, 5) is 11.5. The van der Waals surface area contributed by atoms with Gasteiger partial charge in [0.2, 0.25) is 0 Å². The fraction of sp³-hybridized carbons (Fsp3) is 0.188. The zero-order valence-corrected chi connectivity index (χ0v) is 14.5. The van der Waals surface area contributed by atoms with E-state index >= 15 is 0 Å². The summed E-state index contributed by atoms with van der Waals surface area (Å²) in [6.07, 6.45) is 1.98. The van der Waals surface area contributed by atoms with Crippen molar-refractivity contribution in [3.05, 3.63) is 53.3 Å². The Morgan fingerprint density at radius 1 is 1.08 bits per heavy atom. The molecule has 2 aromatic rings. The first-order valence-electron chi connectivity index (χ1n) is 7.49. The number of halogens is 2. The minimum absolute atomic E-state index is 0.148. The maximum Gasteiger partial charge on any atom is 0.319 e. The van der Waals surface area contributed by atoms with Crippen molar-refractivity contribution in [2.45, 2.75) is 23.8 Å². The van der Waals surface area contributed by atoms with Gasteiger partial charge in [-0.15, -0.1) is 0 Å². The molecule has 0 unspecified atom stereocenters. The molecule has 0 aliphatic heterocycles. The van der Waals surface area contributed by atoms with Crippen LogP contribution in [0.2, 0.25) is 5.02 Å². The molecule has 0 saturated heterocycles. The fourth-order valence-electron chi connectivity index (χ4n) is 2.06. The van der Waals surface area contributed by atoms with E-state index in [-0.39, 0.29) is 22.0 Å². The van der Waals surface area contributed by atoms with Crippen LogP contribution >= 0.6 is 11.6 Å². The van der Waals surface area contributed by atoms with Crippen molar-refractivity contribution in [1.29, 1.82) is 0 Å². The van der Waals surface area contributed by atoms with Gasteiger partial charge in [0.05, 0.1) is 9.92 Å². The van der Waals surface area contributed by atoms with Crippen molar-refractivity contribution in [3.63, 3.8) is 0 Å². The molecule has 132 valence electrons. The summed E-state index contributed by atoms with van der Waals surface area (Å²) in [7, 11) is -3.90. The summed E-state index contributed by atoms with van der Waals surface area (Å²) in [6, 6.07) is 9.27. The number of anilines is 2. The lowest BCUT2D eigenvalue weighted by molar-refractivity contribution is 0.251. The van der Waals surface area contributed by atoms with Crippen molar-refractivity contribution in [2.24, 2.45) is 0 Å². The molecule has 1 aliphatic carbocycles. The van der Waals surface area contributed by atoms with Crippen LogP contribution < -0.4 is 15.4 Å². The summed E-state index contributed by atoms with van der Waals surface area (Å²) in [5, 5.41) is 5.17.